The molecule has 0 amide bonds. The molecular formula is C27H28Br2O5. The number of halogens is 2. The van der Waals surface area contributed by atoms with Gasteiger partial charge in [0.05, 0.1) is 17.5 Å². The molecule has 0 aliphatic heterocycles. The van der Waals surface area contributed by atoms with E-state index in [0.717, 1.165) is 16.7 Å². The average Bonchev–Trinajstić information content (AvgIpc) is 2.80. The monoisotopic (exact) mass is 590 g/mol. The van der Waals surface area contributed by atoms with Crippen molar-refractivity contribution in [3.8, 4) is 17.2 Å². The number of rotatable bonds is 9. The van der Waals surface area contributed by atoms with Crippen LogP contribution in [0.1, 0.15) is 59.6 Å². The fourth-order valence-corrected chi connectivity index (χ4v) is 4.90. The van der Waals surface area contributed by atoms with E-state index in [1.54, 1.807) is 25.3 Å². The molecule has 2 unspecified atom stereocenters. The number of aliphatic hydroxyl groups excluding tert-OH is 1. The van der Waals surface area contributed by atoms with Gasteiger partial charge in [0.1, 0.15) is 23.4 Å². The SMILES string of the molecule is COc1cc(C(O)c2cccc(C)c2)c(Oc2ccc(C(CBr)C(=O)O)cc2Br)cc1C(C)C. The van der Waals surface area contributed by atoms with E-state index >= 15 is 0 Å². The Balaban J connectivity index is 2.09. The zero-order valence-electron chi connectivity index (χ0n) is 19.5. The van der Waals surface area contributed by atoms with Crippen LogP contribution < -0.4 is 9.47 Å². The number of alkyl halides is 1. The van der Waals surface area contributed by atoms with E-state index < -0.39 is 18.0 Å². The van der Waals surface area contributed by atoms with Crippen molar-refractivity contribution in [2.75, 3.05) is 12.4 Å². The Labute approximate surface area is 217 Å². The van der Waals surface area contributed by atoms with Gasteiger partial charge in [0, 0.05) is 16.5 Å². The molecule has 0 radical (unpaired) electrons. The summed E-state index contributed by atoms with van der Waals surface area (Å²) in [5, 5.41) is 21.1. The molecule has 180 valence electrons. The molecule has 7 heteroatoms. The smallest absolute Gasteiger partial charge is 0.311 e. The van der Waals surface area contributed by atoms with E-state index in [1.165, 1.54) is 0 Å². The lowest BCUT2D eigenvalue weighted by Gasteiger charge is -2.22. The number of hydrogen-bond acceptors (Lipinski definition) is 4. The third-order valence-corrected chi connectivity index (χ3v) is 6.93. The molecule has 34 heavy (non-hydrogen) atoms. The fraction of sp³-hybridized carbons (Fsp3) is 0.296. The van der Waals surface area contributed by atoms with E-state index in [4.69, 9.17) is 9.47 Å². The second-order valence-electron chi connectivity index (χ2n) is 8.44. The maximum Gasteiger partial charge on any atom is 0.311 e. The second-order valence-corrected chi connectivity index (χ2v) is 9.94. The number of carbonyl (C=O) groups is 1. The van der Waals surface area contributed by atoms with E-state index in [9.17, 15) is 15.0 Å². The lowest BCUT2D eigenvalue weighted by molar-refractivity contribution is -0.138. The highest BCUT2D eigenvalue weighted by Gasteiger charge is 2.23. The van der Waals surface area contributed by atoms with Crippen LogP contribution in [0, 0.1) is 6.92 Å². The summed E-state index contributed by atoms with van der Waals surface area (Å²) in [5.74, 6) is 0.293. The van der Waals surface area contributed by atoms with Gasteiger partial charge in [-0.2, -0.15) is 0 Å². The van der Waals surface area contributed by atoms with Gasteiger partial charge >= 0.3 is 5.97 Å². The topological polar surface area (TPSA) is 76.0 Å². The molecule has 0 saturated heterocycles. The third kappa shape index (κ3) is 5.82. The van der Waals surface area contributed by atoms with Crippen LogP contribution >= 0.6 is 31.9 Å². The van der Waals surface area contributed by atoms with Gasteiger partial charge in [-0.25, -0.2) is 0 Å². The van der Waals surface area contributed by atoms with E-state index in [0.29, 0.717) is 38.2 Å². The predicted octanol–water partition coefficient (Wildman–Crippen LogP) is 7.33. The first-order valence-electron chi connectivity index (χ1n) is 10.9. The van der Waals surface area contributed by atoms with Gasteiger partial charge in [0.25, 0.3) is 0 Å². The van der Waals surface area contributed by atoms with Crippen molar-refractivity contribution in [1.82, 2.24) is 0 Å². The lowest BCUT2D eigenvalue weighted by atomic mass is 9.94. The summed E-state index contributed by atoms with van der Waals surface area (Å²) in [6.45, 7) is 6.11. The molecule has 3 aromatic carbocycles. The minimum atomic E-state index is -0.923. The van der Waals surface area contributed by atoms with Gasteiger partial charge in [0.2, 0.25) is 0 Å². The van der Waals surface area contributed by atoms with Crippen molar-refractivity contribution in [3.05, 3.63) is 86.9 Å². The number of aliphatic hydroxyl groups is 1. The maximum atomic E-state index is 11.5. The van der Waals surface area contributed by atoms with Crippen LogP contribution in [0.3, 0.4) is 0 Å². The van der Waals surface area contributed by atoms with Gasteiger partial charge in [-0.05, 0) is 64.2 Å². The summed E-state index contributed by atoms with van der Waals surface area (Å²) in [6, 6.07) is 16.7. The summed E-state index contributed by atoms with van der Waals surface area (Å²) in [5.41, 5.74) is 3.98. The molecule has 5 nitrogen and oxygen atoms in total. The highest BCUT2D eigenvalue weighted by atomic mass is 79.9. The van der Waals surface area contributed by atoms with Crippen molar-refractivity contribution < 1.29 is 24.5 Å². The summed E-state index contributed by atoms with van der Waals surface area (Å²) in [7, 11) is 1.61. The van der Waals surface area contributed by atoms with Crippen molar-refractivity contribution in [2.45, 2.75) is 38.7 Å². The number of ether oxygens (including phenoxy) is 2. The Morgan fingerprint density at radius 3 is 2.24 bits per heavy atom. The number of benzene rings is 3. The first-order valence-corrected chi connectivity index (χ1v) is 12.8. The maximum absolute atomic E-state index is 11.5. The zero-order chi connectivity index (χ0) is 25.0. The van der Waals surface area contributed by atoms with E-state index in [2.05, 4.69) is 45.7 Å². The molecule has 0 heterocycles. The number of aliphatic carboxylic acids is 1. The molecule has 0 bridgehead atoms. The Morgan fingerprint density at radius 2 is 1.68 bits per heavy atom. The van der Waals surface area contributed by atoms with Crippen LogP contribution in [0.25, 0.3) is 0 Å². The van der Waals surface area contributed by atoms with Crippen molar-refractivity contribution in [2.24, 2.45) is 0 Å². The fourth-order valence-electron chi connectivity index (χ4n) is 3.77. The normalized spacial score (nSPS) is 12.9. The largest absolute Gasteiger partial charge is 0.496 e. The Morgan fingerprint density at radius 1 is 0.971 bits per heavy atom. The summed E-state index contributed by atoms with van der Waals surface area (Å²) >= 11 is 6.79. The zero-order valence-corrected chi connectivity index (χ0v) is 22.7. The molecular weight excluding hydrogens is 564 g/mol. The van der Waals surface area contributed by atoms with Crippen LogP contribution in [0.15, 0.2) is 59.1 Å². The van der Waals surface area contributed by atoms with Crippen molar-refractivity contribution >= 4 is 37.8 Å². The van der Waals surface area contributed by atoms with E-state index in [-0.39, 0.29) is 5.92 Å². The molecule has 0 fully saturated rings. The van der Waals surface area contributed by atoms with Crippen molar-refractivity contribution in [1.29, 1.82) is 0 Å². The Hall–Kier alpha value is -2.35. The quantitative estimate of drug-likeness (QED) is 0.255. The minimum absolute atomic E-state index is 0.170. The van der Waals surface area contributed by atoms with Gasteiger partial charge in [-0.1, -0.05) is 65.7 Å². The molecule has 2 atom stereocenters. The van der Waals surface area contributed by atoms with Crippen molar-refractivity contribution in [3.63, 3.8) is 0 Å². The predicted molar refractivity (Wildman–Crippen MR) is 141 cm³/mol. The van der Waals surface area contributed by atoms with Gasteiger partial charge < -0.3 is 19.7 Å². The highest BCUT2D eigenvalue weighted by molar-refractivity contribution is 9.10. The van der Waals surface area contributed by atoms with Gasteiger partial charge in [-0.15, -0.1) is 0 Å². The van der Waals surface area contributed by atoms with Crippen LogP contribution in [0.5, 0.6) is 17.2 Å². The molecule has 0 saturated carbocycles. The standard InChI is InChI=1S/C27H28Br2O5/c1-15(2)19-12-25(34-23-9-8-17(11-22(23)29)21(14-28)27(31)32)20(13-24(19)33-4)26(30)18-7-5-6-16(3)10-18/h5-13,15,21,26,30H,14H2,1-4H3,(H,31,32). The minimum Gasteiger partial charge on any atom is -0.496 e. The number of carboxylic acid groups (broad SMARTS) is 1. The molecule has 2 N–H and O–H groups in total. The number of hydrogen-bond donors (Lipinski definition) is 2. The summed E-state index contributed by atoms with van der Waals surface area (Å²) in [6.07, 6.45) is -0.923. The number of aryl methyl sites for hydroxylation is 1. The number of carboxylic acids is 1. The first-order chi connectivity index (χ1) is 16.2. The van der Waals surface area contributed by atoms with Crippen LogP contribution in [0.2, 0.25) is 0 Å². The Kier molecular flexibility index (Phi) is 8.79. The van der Waals surface area contributed by atoms with Gasteiger partial charge in [0.15, 0.2) is 0 Å². The van der Waals surface area contributed by atoms with Crippen LogP contribution in [0.4, 0.5) is 0 Å². The summed E-state index contributed by atoms with van der Waals surface area (Å²) in [4.78, 5) is 11.5. The summed E-state index contributed by atoms with van der Waals surface area (Å²) < 4.78 is 12.6. The molecule has 0 aromatic heterocycles. The second kappa shape index (κ2) is 11.4. The van der Waals surface area contributed by atoms with Gasteiger partial charge in [-0.3, -0.25) is 4.79 Å². The van der Waals surface area contributed by atoms with E-state index in [1.807, 2.05) is 43.3 Å². The third-order valence-electron chi connectivity index (χ3n) is 5.67. The Bertz CT molecular complexity index is 1180. The molecule has 0 aliphatic carbocycles. The van der Waals surface area contributed by atoms with Crippen LogP contribution in [-0.4, -0.2) is 28.6 Å². The molecule has 3 rings (SSSR count). The first kappa shape index (κ1) is 26.3. The molecule has 0 aliphatic rings. The highest BCUT2D eigenvalue weighted by Crippen LogP contribution is 2.42. The van der Waals surface area contributed by atoms with Crippen LogP contribution in [-0.2, 0) is 4.79 Å². The number of methoxy groups -OCH3 is 1. The molecule has 3 aromatic rings. The average molecular weight is 592 g/mol. The molecule has 0 spiro atoms. The lowest BCUT2D eigenvalue weighted by Crippen LogP contribution is -2.12.